The van der Waals surface area contributed by atoms with Crippen LogP contribution >= 0.6 is 0 Å². The van der Waals surface area contributed by atoms with Crippen LogP contribution in [0, 0.1) is 0 Å². The largest absolute Gasteiger partial charge is 0.573 e. The van der Waals surface area contributed by atoms with Gasteiger partial charge in [-0.15, -0.1) is 46.8 Å². The number of alkyl halides is 6. The van der Waals surface area contributed by atoms with Crippen molar-refractivity contribution in [1.82, 2.24) is 0 Å². The van der Waals surface area contributed by atoms with E-state index in [1.807, 2.05) is 0 Å². The summed E-state index contributed by atoms with van der Waals surface area (Å²) < 4.78 is 94.7. The molecule has 0 saturated heterocycles. The first-order valence-electron chi connectivity index (χ1n) is 13.5. The maximum atomic E-state index is 12.7. The summed E-state index contributed by atoms with van der Waals surface area (Å²) in [6, 6.07) is 22.0. The Kier molecular flexibility index (Phi) is 11.2. The zero-order valence-corrected chi connectivity index (χ0v) is 23.9. The second-order valence-electron chi connectivity index (χ2n) is 9.17. The molecule has 0 unspecified atom stereocenters. The highest BCUT2D eigenvalue weighted by Gasteiger charge is 2.33. The Morgan fingerprint density at radius 2 is 0.745 bits per heavy atom. The molecule has 16 heteroatoms. The number of benzene rings is 4. The van der Waals surface area contributed by atoms with Crippen molar-refractivity contribution in [2.45, 2.75) is 32.0 Å². The fourth-order valence-corrected chi connectivity index (χ4v) is 3.69. The summed E-state index contributed by atoms with van der Waals surface area (Å²) in [5, 5.41) is 15.4. The monoisotopic (exact) mass is 660 g/mol. The highest BCUT2D eigenvalue weighted by molar-refractivity contribution is 5.77. The molecular weight excluding hydrogens is 638 g/mol. The molecule has 0 fully saturated rings. The molecule has 0 heterocycles. The molecule has 47 heavy (non-hydrogen) atoms. The van der Waals surface area contributed by atoms with Gasteiger partial charge in [0.15, 0.2) is 23.0 Å². The van der Waals surface area contributed by atoms with Crippen LogP contribution < -0.4 is 18.9 Å². The number of ether oxygens (including phenoxy) is 4. The number of para-hydroxylation sites is 4. The average Bonchev–Trinajstić information content (AvgIpc) is 3.00. The molecule has 0 atom stereocenters. The number of halogens is 6. The second kappa shape index (κ2) is 15.5. The minimum atomic E-state index is -4.94. The lowest BCUT2D eigenvalue weighted by Crippen LogP contribution is -2.17. The molecule has 10 nitrogen and oxygen atoms in total. The fourth-order valence-electron chi connectivity index (χ4n) is 3.69. The third-order valence-corrected chi connectivity index (χ3v) is 5.65. The first-order valence-corrected chi connectivity index (χ1v) is 13.5. The van der Waals surface area contributed by atoms with Gasteiger partial charge in [0.2, 0.25) is 0 Å². The predicted molar refractivity (Wildman–Crippen MR) is 153 cm³/mol. The van der Waals surface area contributed by atoms with Crippen LogP contribution in [0.25, 0.3) is 0 Å². The number of azo groups is 2. The Bertz CT molecular complexity index is 1630. The molecule has 4 rings (SSSR count). The van der Waals surface area contributed by atoms with Crippen LogP contribution in [-0.4, -0.2) is 24.7 Å². The van der Waals surface area contributed by atoms with Gasteiger partial charge in [0.25, 0.3) is 0 Å². The Morgan fingerprint density at radius 1 is 0.468 bits per heavy atom. The van der Waals surface area contributed by atoms with Crippen molar-refractivity contribution >= 4 is 34.7 Å². The molecule has 0 aliphatic heterocycles. The van der Waals surface area contributed by atoms with Crippen LogP contribution in [0.2, 0.25) is 0 Å². The van der Waals surface area contributed by atoms with Crippen molar-refractivity contribution in [1.29, 1.82) is 0 Å². The van der Waals surface area contributed by atoms with Gasteiger partial charge in [-0.3, -0.25) is 9.59 Å². The van der Waals surface area contributed by atoms with E-state index in [1.54, 1.807) is 12.1 Å². The Balaban J connectivity index is 1.32. The van der Waals surface area contributed by atoms with Crippen molar-refractivity contribution in [3.63, 3.8) is 0 Å². The van der Waals surface area contributed by atoms with E-state index in [0.717, 1.165) is 12.1 Å². The second-order valence-corrected chi connectivity index (χ2v) is 9.17. The summed E-state index contributed by atoms with van der Waals surface area (Å²) >= 11 is 0. The highest BCUT2D eigenvalue weighted by atomic mass is 19.4. The van der Waals surface area contributed by atoms with Gasteiger partial charge in [-0.2, -0.15) is 0 Å². The molecule has 244 valence electrons. The molecule has 0 spiro atoms. The standard InChI is InChI=1S/C31H22F6N4O6/c32-30(33,34)46-26-16-7-3-12-22(26)40-38-20-10-1-5-14-24(20)44-28(42)18-9-19-29(43)45-25-15-6-2-11-21(25)39-41-23-13-4-8-17-27(23)47-31(35,36)37/h1-8,10-17H,9,18-19H2/b40-38+,41-39+. The predicted octanol–water partition coefficient (Wildman–Crippen LogP) is 10.00. The van der Waals surface area contributed by atoms with E-state index in [2.05, 4.69) is 29.9 Å². The van der Waals surface area contributed by atoms with Gasteiger partial charge in [0, 0.05) is 12.8 Å². The molecule has 0 radical (unpaired) electrons. The maximum absolute atomic E-state index is 12.7. The van der Waals surface area contributed by atoms with E-state index in [-0.39, 0.29) is 53.5 Å². The minimum absolute atomic E-state index is 0.00927. The van der Waals surface area contributed by atoms with Gasteiger partial charge in [0.05, 0.1) is 0 Å². The quantitative estimate of drug-likeness (QED) is 0.0645. The third kappa shape index (κ3) is 11.3. The molecule has 0 saturated carbocycles. The lowest BCUT2D eigenvalue weighted by Gasteiger charge is -2.10. The summed E-state index contributed by atoms with van der Waals surface area (Å²) in [6.07, 6.45) is -10.3. The lowest BCUT2D eigenvalue weighted by atomic mass is 10.2. The summed E-state index contributed by atoms with van der Waals surface area (Å²) in [7, 11) is 0. The van der Waals surface area contributed by atoms with Crippen molar-refractivity contribution in [3.05, 3.63) is 97.1 Å². The number of hydrogen-bond donors (Lipinski definition) is 0. The molecule has 0 bridgehead atoms. The molecule has 4 aromatic carbocycles. The van der Waals surface area contributed by atoms with Crippen molar-refractivity contribution in [2.24, 2.45) is 20.5 Å². The fraction of sp³-hybridized carbons (Fsp3) is 0.161. The van der Waals surface area contributed by atoms with E-state index in [4.69, 9.17) is 9.47 Å². The van der Waals surface area contributed by atoms with Gasteiger partial charge in [0.1, 0.15) is 22.7 Å². The smallest absolute Gasteiger partial charge is 0.424 e. The van der Waals surface area contributed by atoms with E-state index in [0.29, 0.717) is 0 Å². The van der Waals surface area contributed by atoms with E-state index < -0.39 is 36.2 Å². The Morgan fingerprint density at radius 3 is 1.06 bits per heavy atom. The first kappa shape index (κ1) is 34.1. The van der Waals surface area contributed by atoms with Crippen LogP contribution in [0.5, 0.6) is 23.0 Å². The van der Waals surface area contributed by atoms with E-state index in [9.17, 15) is 35.9 Å². The van der Waals surface area contributed by atoms with Gasteiger partial charge >= 0.3 is 24.7 Å². The third-order valence-electron chi connectivity index (χ3n) is 5.65. The number of carbonyl (C=O) groups excluding carboxylic acids is 2. The Hall–Kier alpha value is -5.80. The zero-order valence-electron chi connectivity index (χ0n) is 23.9. The van der Waals surface area contributed by atoms with E-state index >= 15 is 0 Å². The van der Waals surface area contributed by atoms with Crippen LogP contribution in [0.1, 0.15) is 19.3 Å². The van der Waals surface area contributed by atoms with Gasteiger partial charge in [-0.05, 0) is 55.0 Å². The van der Waals surface area contributed by atoms with Crippen molar-refractivity contribution in [2.75, 3.05) is 0 Å². The summed E-state index contributed by atoms with van der Waals surface area (Å²) in [5.41, 5.74) is -0.346. The van der Waals surface area contributed by atoms with Crippen LogP contribution in [0.4, 0.5) is 49.1 Å². The van der Waals surface area contributed by atoms with Crippen LogP contribution in [0.15, 0.2) is 118 Å². The summed E-state index contributed by atoms with van der Waals surface area (Å²) in [6.45, 7) is 0. The molecule has 0 N–H and O–H groups in total. The number of hydrogen-bond acceptors (Lipinski definition) is 10. The molecule has 4 aromatic rings. The number of esters is 2. The molecular formula is C31H22F6N4O6. The summed E-state index contributed by atoms with van der Waals surface area (Å²) in [4.78, 5) is 25.0. The molecule has 0 amide bonds. The minimum Gasteiger partial charge on any atom is -0.424 e. The SMILES string of the molecule is O=C(CCCC(=O)Oc1ccccc1/N=N/c1ccccc1OC(F)(F)F)Oc1ccccc1/N=N/c1ccccc1OC(F)(F)F. The van der Waals surface area contributed by atoms with Crippen LogP contribution in [-0.2, 0) is 9.59 Å². The van der Waals surface area contributed by atoms with Crippen molar-refractivity contribution < 1.29 is 54.9 Å². The Labute approximate surface area is 262 Å². The number of carbonyl (C=O) groups is 2. The van der Waals surface area contributed by atoms with Gasteiger partial charge in [-0.25, -0.2) is 0 Å². The molecule has 0 aliphatic rings. The first-order chi connectivity index (χ1) is 22.4. The molecule has 0 aliphatic carbocycles. The normalized spacial score (nSPS) is 11.9. The maximum Gasteiger partial charge on any atom is 0.573 e. The number of nitrogens with zero attached hydrogens (tertiary/aromatic N) is 4. The topological polar surface area (TPSA) is 121 Å². The van der Waals surface area contributed by atoms with Crippen LogP contribution in [0.3, 0.4) is 0 Å². The van der Waals surface area contributed by atoms with E-state index in [1.165, 1.54) is 72.8 Å². The lowest BCUT2D eigenvalue weighted by molar-refractivity contribution is -0.275. The molecule has 0 aromatic heterocycles. The number of rotatable bonds is 12. The van der Waals surface area contributed by atoms with Gasteiger partial charge in [-0.1, -0.05) is 48.5 Å². The summed E-state index contributed by atoms with van der Waals surface area (Å²) in [5.74, 6) is -2.68. The van der Waals surface area contributed by atoms with Gasteiger partial charge < -0.3 is 18.9 Å². The van der Waals surface area contributed by atoms with Crippen molar-refractivity contribution in [3.8, 4) is 23.0 Å². The zero-order chi connectivity index (χ0) is 33.9. The highest BCUT2D eigenvalue weighted by Crippen LogP contribution is 2.36. The average molecular weight is 661 g/mol.